The second kappa shape index (κ2) is 4.90. The Morgan fingerprint density at radius 3 is 2.36 bits per heavy atom. The van der Waals surface area contributed by atoms with E-state index in [1.54, 1.807) is 0 Å². The van der Waals surface area contributed by atoms with E-state index >= 15 is 0 Å². The van der Waals surface area contributed by atoms with Gasteiger partial charge in [0.05, 0.1) is 11.5 Å². The molecule has 0 aromatic heterocycles. The maximum Gasteiger partial charge on any atom is 0.312 e. The summed E-state index contributed by atoms with van der Waals surface area (Å²) in [6.45, 7) is 0.536. The molecule has 8 heteroatoms. The summed E-state index contributed by atoms with van der Waals surface area (Å²) in [5.41, 5.74) is 4.88. The van der Waals surface area contributed by atoms with Gasteiger partial charge in [-0.25, -0.2) is 0 Å². The molecular formula is C14H23NO6S. The first-order valence-corrected chi connectivity index (χ1v) is 9.09. The molecule has 4 saturated carbocycles. The van der Waals surface area contributed by atoms with E-state index in [1.807, 2.05) is 0 Å². The first-order valence-electron chi connectivity index (χ1n) is 7.65. The van der Waals surface area contributed by atoms with Crippen molar-refractivity contribution in [1.29, 1.82) is 0 Å². The number of hydrogen-bond acceptors (Lipinski definition) is 6. The van der Waals surface area contributed by atoms with Gasteiger partial charge in [-0.2, -0.15) is 8.42 Å². The Balaban J connectivity index is 1.71. The molecule has 4 aliphatic rings. The Hall–Kier alpha value is -0.700. The summed E-state index contributed by atoms with van der Waals surface area (Å²) in [7, 11) is -4.50. The van der Waals surface area contributed by atoms with Crippen molar-refractivity contribution in [3.8, 4) is 0 Å². The van der Waals surface area contributed by atoms with Crippen LogP contribution in [0, 0.1) is 23.2 Å². The summed E-state index contributed by atoms with van der Waals surface area (Å²) in [5.74, 6) is 0.243. The van der Waals surface area contributed by atoms with Crippen LogP contribution < -0.4 is 5.73 Å². The number of rotatable bonds is 4. The third-order valence-corrected chi connectivity index (χ3v) is 7.03. The number of ether oxygens (including phenoxy) is 1. The molecule has 126 valence electrons. The minimum Gasteiger partial charge on any atom is -0.462 e. The van der Waals surface area contributed by atoms with Crippen LogP contribution in [0.1, 0.15) is 39.0 Å². The lowest BCUT2D eigenvalue weighted by Crippen LogP contribution is -2.57. The molecule has 0 spiro atoms. The SMILES string of the molecule is CC(N)(COC(=O)C12CC3CC(C1)C(O)C(C3)C2)S(=O)(=O)O. The van der Waals surface area contributed by atoms with Gasteiger partial charge in [0, 0.05) is 0 Å². The van der Waals surface area contributed by atoms with Crippen LogP contribution in [0.25, 0.3) is 0 Å². The standard InChI is InChI=1S/C14H23NO6S/c1-13(15,22(18,19)20)7-21-12(17)14-4-8-2-9(5-14)11(16)10(3-8)6-14/h8-11,16H,2-7,15H2,1H3,(H,18,19,20). The monoisotopic (exact) mass is 333 g/mol. The van der Waals surface area contributed by atoms with E-state index in [0.717, 1.165) is 26.2 Å². The van der Waals surface area contributed by atoms with Crippen molar-refractivity contribution in [2.75, 3.05) is 6.61 Å². The summed E-state index contributed by atoms with van der Waals surface area (Å²) >= 11 is 0. The van der Waals surface area contributed by atoms with Crippen LogP contribution in [-0.4, -0.2) is 41.6 Å². The van der Waals surface area contributed by atoms with Gasteiger partial charge in [-0.15, -0.1) is 0 Å². The van der Waals surface area contributed by atoms with Crippen LogP contribution in [0.4, 0.5) is 0 Å². The third kappa shape index (κ3) is 2.46. The van der Waals surface area contributed by atoms with E-state index in [-0.39, 0.29) is 17.9 Å². The summed E-state index contributed by atoms with van der Waals surface area (Å²) in [6, 6.07) is 0. The molecule has 0 radical (unpaired) electrons. The van der Waals surface area contributed by atoms with Crippen LogP contribution in [-0.2, 0) is 19.6 Å². The van der Waals surface area contributed by atoms with Gasteiger partial charge in [-0.3, -0.25) is 9.35 Å². The van der Waals surface area contributed by atoms with Gasteiger partial charge in [-0.05, 0) is 56.8 Å². The van der Waals surface area contributed by atoms with E-state index in [1.165, 1.54) is 0 Å². The molecule has 4 N–H and O–H groups in total. The number of carbonyl (C=O) groups excluding carboxylic acids is 1. The topological polar surface area (TPSA) is 127 Å². The fourth-order valence-electron chi connectivity index (χ4n) is 4.68. The van der Waals surface area contributed by atoms with Crippen molar-refractivity contribution < 1.29 is 27.6 Å². The average Bonchev–Trinajstić information content (AvgIpc) is 2.39. The predicted octanol–water partition coefficient (Wildman–Crippen LogP) is 0.280. The molecule has 0 aromatic rings. The van der Waals surface area contributed by atoms with Crippen LogP contribution in [0.2, 0.25) is 0 Å². The molecule has 7 nitrogen and oxygen atoms in total. The van der Waals surface area contributed by atoms with Gasteiger partial charge in [0.25, 0.3) is 10.1 Å². The Labute approximate surface area is 130 Å². The largest absolute Gasteiger partial charge is 0.462 e. The van der Waals surface area contributed by atoms with Gasteiger partial charge in [0.2, 0.25) is 0 Å². The Kier molecular flexibility index (Phi) is 3.60. The second-order valence-electron chi connectivity index (χ2n) is 7.60. The van der Waals surface area contributed by atoms with Crippen molar-refractivity contribution in [3.63, 3.8) is 0 Å². The average molecular weight is 333 g/mol. The van der Waals surface area contributed by atoms with Crippen molar-refractivity contribution in [2.45, 2.75) is 50.0 Å². The lowest BCUT2D eigenvalue weighted by molar-refractivity contribution is -0.185. The highest BCUT2D eigenvalue weighted by Crippen LogP contribution is 2.60. The summed E-state index contributed by atoms with van der Waals surface area (Å²) in [4.78, 5) is 10.5. The highest BCUT2D eigenvalue weighted by Gasteiger charge is 2.59. The minimum absolute atomic E-state index is 0.129. The van der Waals surface area contributed by atoms with Gasteiger partial charge in [0.15, 0.2) is 4.87 Å². The van der Waals surface area contributed by atoms with E-state index in [0.29, 0.717) is 18.8 Å². The summed E-state index contributed by atoms with van der Waals surface area (Å²) < 4.78 is 36.5. The molecule has 22 heavy (non-hydrogen) atoms. The first-order chi connectivity index (χ1) is 10.0. The molecule has 3 unspecified atom stereocenters. The van der Waals surface area contributed by atoms with Crippen LogP contribution in [0.3, 0.4) is 0 Å². The van der Waals surface area contributed by atoms with Crippen molar-refractivity contribution >= 4 is 16.1 Å². The van der Waals surface area contributed by atoms with Gasteiger partial charge in [-0.1, -0.05) is 0 Å². The molecular weight excluding hydrogens is 310 g/mol. The Morgan fingerprint density at radius 2 is 1.86 bits per heavy atom. The maximum atomic E-state index is 12.5. The number of aliphatic hydroxyl groups is 1. The molecule has 0 aromatic carbocycles. The van der Waals surface area contributed by atoms with Gasteiger partial charge in [0.1, 0.15) is 6.61 Å². The molecule has 0 amide bonds. The molecule has 3 atom stereocenters. The fourth-order valence-corrected chi connectivity index (χ4v) is 4.89. The normalized spacial score (nSPS) is 42.9. The number of carbonyl (C=O) groups is 1. The zero-order valence-corrected chi connectivity index (χ0v) is 13.4. The van der Waals surface area contributed by atoms with Crippen LogP contribution >= 0.6 is 0 Å². The van der Waals surface area contributed by atoms with Gasteiger partial charge < -0.3 is 15.6 Å². The van der Waals surface area contributed by atoms with E-state index < -0.39 is 33.0 Å². The smallest absolute Gasteiger partial charge is 0.312 e. The second-order valence-corrected chi connectivity index (χ2v) is 9.49. The molecule has 0 saturated heterocycles. The predicted molar refractivity (Wildman–Crippen MR) is 77.1 cm³/mol. The maximum absolute atomic E-state index is 12.5. The van der Waals surface area contributed by atoms with E-state index in [9.17, 15) is 18.3 Å². The lowest BCUT2D eigenvalue weighted by Gasteiger charge is -2.57. The Morgan fingerprint density at radius 1 is 1.32 bits per heavy atom. The molecule has 0 aliphatic heterocycles. The summed E-state index contributed by atoms with van der Waals surface area (Å²) in [6.07, 6.45) is 3.48. The molecule has 4 aliphatic carbocycles. The van der Waals surface area contributed by atoms with E-state index in [4.69, 9.17) is 15.0 Å². The third-order valence-electron chi connectivity index (χ3n) is 5.74. The lowest BCUT2D eigenvalue weighted by atomic mass is 9.48. The highest BCUT2D eigenvalue weighted by atomic mass is 32.2. The molecule has 4 fully saturated rings. The van der Waals surface area contributed by atoms with Crippen molar-refractivity contribution in [2.24, 2.45) is 28.9 Å². The molecule has 4 bridgehead atoms. The quantitative estimate of drug-likeness (QED) is 0.498. The number of esters is 1. The van der Waals surface area contributed by atoms with Gasteiger partial charge >= 0.3 is 5.97 Å². The minimum atomic E-state index is -4.50. The van der Waals surface area contributed by atoms with Crippen LogP contribution in [0.5, 0.6) is 0 Å². The number of hydrogen-bond donors (Lipinski definition) is 3. The fraction of sp³-hybridized carbons (Fsp3) is 0.929. The zero-order chi connectivity index (χ0) is 16.3. The zero-order valence-electron chi connectivity index (χ0n) is 12.6. The number of nitrogens with two attached hydrogens (primary N) is 1. The summed E-state index contributed by atoms with van der Waals surface area (Å²) in [5, 5.41) is 10.2. The van der Waals surface area contributed by atoms with Crippen LogP contribution in [0.15, 0.2) is 0 Å². The molecule has 0 heterocycles. The van der Waals surface area contributed by atoms with E-state index in [2.05, 4.69) is 0 Å². The van der Waals surface area contributed by atoms with Crippen molar-refractivity contribution in [1.82, 2.24) is 0 Å². The number of aliphatic hydroxyl groups excluding tert-OH is 1. The highest BCUT2D eigenvalue weighted by molar-refractivity contribution is 7.87. The van der Waals surface area contributed by atoms with Crippen molar-refractivity contribution in [3.05, 3.63) is 0 Å². The first kappa shape index (κ1) is 16.2. The molecule has 4 rings (SSSR count). The Bertz CT molecular complexity index is 570.